The number of carbonyl (C=O) groups excluding carboxylic acids is 1. The summed E-state index contributed by atoms with van der Waals surface area (Å²) in [5.41, 5.74) is 3.53. The third kappa shape index (κ3) is 1.82. The van der Waals surface area contributed by atoms with Gasteiger partial charge in [-0.15, -0.1) is 0 Å². The summed E-state index contributed by atoms with van der Waals surface area (Å²) in [6, 6.07) is 13.0. The van der Waals surface area contributed by atoms with Gasteiger partial charge in [0.25, 0.3) is 0 Å². The zero-order chi connectivity index (χ0) is 13.5. The van der Waals surface area contributed by atoms with Gasteiger partial charge < -0.3 is 4.57 Å². The van der Waals surface area contributed by atoms with Crippen molar-refractivity contribution in [2.75, 3.05) is 0 Å². The molecule has 1 aromatic heterocycles. The van der Waals surface area contributed by atoms with E-state index < -0.39 is 0 Å². The van der Waals surface area contributed by atoms with Crippen molar-refractivity contribution in [3.63, 3.8) is 0 Å². The van der Waals surface area contributed by atoms with Crippen molar-refractivity contribution < 1.29 is 4.79 Å². The Labute approximate surface area is 119 Å². The Morgan fingerprint density at radius 2 is 1.85 bits per heavy atom. The molecule has 0 unspecified atom stereocenters. The van der Waals surface area contributed by atoms with Gasteiger partial charge >= 0.3 is 0 Å². The molecule has 1 aliphatic heterocycles. The van der Waals surface area contributed by atoms with Gasteiger partial charge in [0.15, 0.2) is 5.78 Å². The summed E-state index contributed by atoms with van der Waals surface area (Å²) >= 11 is 0. The van der Waals surface area contributed by atoms with Crippen LogP contribution < -0.4 is 0 Å². The summed E-state index contributed by atoms with van der Waals surface area (Å²) in [7, 11) is 0. The van der Waals surface area contributed by atoms with Crippen molar-refractivity contribution in [3.05, 3.63) is 59.4 Å². The predicted octanol–water partition coefficient (Wildman–Crippen LogP) is 4.01. The largest absolute Gasteiger partial charge is 0.341 e. The molecule has 2 heterocycles. The number of hydrogen-bond donors (Lipinski definition) is 0. The molecule has 1 aromatic carbocycles. The molecular formula is C18H19NO. The first-order valence-electron chi connectivity index (χ1n) is 7.62. The van der Waals surface area contributed by atoms with E-state index in [9.17, 15) is 4.79 Å². The minimum absolute atomic E-state index is 0.268. The van der Waals surface area contributed by atoms with E-state index >= 15 is 0 Å². The molecule has 0 radical (unpaired) electrons. The van der Waals surface area contributed by atoms with Crippen LogP contribution in [0.4, 0.5) is 0 Å². The SMILES string of the molecule is O=C1c2cc(Cc3ccccc3)cn2[C@H]2CCCC[C@@H]12. The second-order valence-corrected chi connectivity index (χ2v) is 6.13. The third-order valence-electron chi connectivity index (χ3n) is 4.83. The van der Waals surface area contributed by atoms with E-state index in [1.807, 2.05) is 6.07 Å². The summed E-state index contributed by atoms with van der Waals surface area (Å²) in [5, 5.41) is 0. The molecule has 1 aliphatic carbocycles. The quantitative estimate of drug-likeness (QED) is 0.804. The molecular weight excluding hydrogens is 246 g/mol. The van der Waals surface area contributed by atoms with Crippen molar-refractivity contribution in [1.82, 2.24) is 4.57 Å². The maximum Gasteiger partial charge on any atom is 0.184 e. The maximum atomic E-state index is 12.5. The second kappa shape index (κ2) is 4.62. The molecule has 1 fully saturated rings. The van der Waals surface area contributed by atoms with E-state index in [1.54, 1.807) is 0 Å². The van der Waals surface area contributed by atoms with Gasteiger partial charge in [-0.25, -0.2) is 0 Å². The average Bonchev–Trinajstić information content (AvgIpc) is 3.01. The summed E-state index contributed by atoms with van der Waals surface area (Å²) in [6.07, 6.45) is 7.87. The number of carbonyl (C=O) groups is 1. The van der Waals surface area contributed by atoms with Crippen LogP contribution in [0.2, 0.25) is 0 Å². The fourth-order valence-corrected chi connectivity index (χ4v) is 3.88. The number of benzene rings is 1. The summed E-state index contributed by atoms with van der Waals surface area (Å²) in [4.78, 5) is 12.5. The fourth-order valence-electron chi connectivity index (χ4n) is 3.88. The molecule has 0 N–H and O–H groups in total. The van der Waals surface area contributed by atoms with Gasteiger partial charge in [0.05, 0.1) is 5.69 Å². The van der Waals surface area contributed by atoms with Crippen LogP contribution in [0.25, 0.3) is 0 Å². The van der Waals surface area contributed by atoms with Crippen LogP contribution in [-0.4, -0.2) is 10.4 Å². The zero-order valence-electron chi connectivity index (χ0n) is 11.6. The number of hydrogen-bond acceptors (Lipinski definition) is 1. The van der Waals surface area contributed by atoms with Crippen molar-refractivity contribution >= 4 is 5.78 Å². The topological polar surface area (TPSA) is 22.0 Å². The highest BCUT2D eigenvalue weighted by molar-refractivity contribution is 5.99. The molecule has 0 spiro atoms. The molecule has 2 nitrogen and oxygen atoms in total. The number of ketones is 1. The first-order valence-corrected chi connectivity index (χ1v) is 7.62. The summed E-state index contributed by atoms with van der Waals surface area (Å²) < 4.78 is 2.27. The van der Waals surface area contributed by atoms with Crippen LogP contribution in [0.1, 0.15) is 53.3 Å². The number of aromatic nitrogens is 1. The van der Waals surface area contributed by atoms with Gasteiger partial charge in [0.2, 0.25) is 0 Å². The van der Waals surface area contributed by atoms with E-state index in [1.165, 1.54) is 30.4 Å². The van der Waals surface area contributed by atoms with Crippen LogP contribution in [0.5, 0.6) is 0 Å². The Hall–Kier alpha value is -1.83. The Bertz CT molecular complexity index is 641. The number of fused-ring (bicyclic) bond motifs is 3. The minimum atomic E-state index is 0.268. The Morgan fingerprint density at radius 1 is 1.05 bits per heavy atom. The molecule has 102 valence electrons. The lowest BCUT2D eigenvalue weighted by atomic mass is 9.83. The molecule has 2 heteroatoms. The van der Waals surface area contributed by atoms with E-state index in [4.69, 9.17) is 0 Å². The van der Waals surface area contributed by atoms with Gasteiger partial charge in [-0.05, 0) is 36.5 Å². The molecule has 0 saturated heterocycles. The standard InChI is InChI=1S/C18H19NO/c20-18-15-8-4-5-9-16(15)19-12-14(11-17(18)19)10-13-6-2-1-3-7-13/h1-3,6-7,11-12,15-16H,4-5,8-10H2/t15-,16+/m1/s1. The number of rotatable bonds is 2. The molecule has 0 bridgehead atoms. The summed E-state index contributed by atoms with van der Waals surface area (Å²) in [6.45, 7) is 0. The first-order chi connectivity index (χ1) is 9.83. The van der Waals surface area contributed by atoms with E-state index in [0.29, 0.717) is 11.8 Å². The van der Waals surface area contributed by atoms with Gasteiger partial charge in [-0.3, -0.25) is 4.79 Å². The fraction of sp³-hybridized carbons (Fsp3) is 0.389. The van der Waals surface area contributed by atoms with Crippen LogP contribution in [0.15, 0.2) is 42.6 Å². The molecule has 2 atom stereocenters. The third-order valence-corrected chi connectivity index (χ3v) is 4.83. The normalized spacial score (nSPS) is 24.5. The molecule has 2 aliphatic rings. The van der Waals surface area contributed by atoms with E-state index in [-0.39, 0.29) is 5.92 Å². The van der Waals surface area contributed by atoms with Crippen LogP contribution in [0, 0.1) is 5.92 Å². The monoisotopic (exact) mass is 265 g/mol. The molecule has 4 rings (SSSR count). The molecule has 20 heavy (non-hydrogen) atoms. The van der Waals surface area contributed by atoms with Crippen molar-refractivity contribution in [1.29, 1.82) is 0 Å². The van der Waals surface area contributed by atoms with Crippen LogP contribution >= 0.6 is 0 Å². The number of nitrogens with zero attached hydrogens (tertiary/aromatic N) is 1. The Morgan fingerprint density at radius 3 is 2.70 bits per heavy atom. The Balaban J connectivity index is 1.64. The lowest BCUT2D eigenvalue weighted by molar-refractivity contribution is 0.0891. The van der Waals surface area contributed by atoms with Gasteiger partial charge in [0, 0.05) is 18.2 Å². The van der Waals surface area contributed by atoms with E-state index in [2.05, 4.69) is 41.1 Å². The van der Waals surface area contributed by atoms with Gasteiger partial charge in [0.1, 0.15) is 0 Å². The summed E-state index contributed by atoms with van der Waals surface area (Å²) in [5.74, 6) is 0.651. The maximum absolute atomic E-state index is 12.5. The molecule has 0 amide bonds. The lowest BCUT2D eigenvalue weighted by Gasteiger charge is -2.25. The van der Waals surface area contributed by atoms with Crippen molar-refractivity contribution in [3.8, 4) is 0 Å². The second-order valence-electron chi connectivity index (χ2n) is 6.13. The van der Waals surface area contributed by atoms with Crippen molar-refractivity contribution in [2.45, 2.75) is 38.1 Å². The highest BCUT2D eigenvalue weighted by Gasteiger charge is 2.40. The highest BCUT2D eigenvalue weighted by atomic mass is 16.1. The van der Waals surface area contributed by atoms with E-state index in [0.717, 1.165) is 18.5 Å². The van der Waals surface area contributed by atoms with Gasteiger partial charge in [-0.1, -0.05) is 43.2 Å². The average molecular weight is 265 g/mol. The predicted molar refractivity (Wildman–Crippen MR) is 79.0 cm³/mol. The van der Waals surface area contributed by atoms with Crippen LogP contribution in [0.3, 0.4) is 0 Å². The minimum Gasteiger partial charge on any atom is -0.341 e. The molecule has 2 aromatic rings. The van der Waals surface area contributed by atoms with Crippen LogP contribution in [-0.2, 0) is 6.42 Å². The lowest BCUT2D eigenvalue weighted by Crippen LogP contribution is -2.20. The Kier molecular flexibility index (Phi) is 2.76. The zero-order valence-corrected chi connectivity index (χ0v) is 11.6. The van der Waals surface area contributed by atoms with Gasteiger partial charge in [-0.2, -0.15) is 0 Å². The smallest absolute Gasteiger partial charge is 0.184 e. The molecule has 1 saturated carbocycles. The van der Waals surface area contributed by atoms with Crippen molar-refractivity contribution in [2.24, 2.45) is 5.92 Å². The highest BCUT2D eigenvalue weighted by Crippen LogP contribution is 2.42. The first kappa shape index (κ1) is 12.0. The number of Topliss-reactive ketones (excluding diaryl/α,β-unsaturated/α-hetero) is 1.